The second-order valence-electron chi connectivity index (χ2n) is 9.45. The van der Waals surface area contributed by atoms with Gasteiger partial charge in [-0.2, -0.15) is 0 Å². The third kappa shape index (κ3) is 3.17. The first-order valence-electron chi connectivity index (χ1n) is 12.4. The van der Waals surface area contributed by atoms with E-state index in [1.807, 2.05) is 42.5 Å². The fourth-order valence-electron chi connectivity index (χ4n) is 5.87. The zero-order valence-corrected chi connectivity index (χ0v) is 19.7. The lowest BCUT2D eigenvalue weighted by molar-refractivity contribution is 0.477. The zero-order valence-electron chi connectivity index (χ0n) is 19.7. The van der Waals surface area contributed by atoms with Crippen LogP contribution in [0.25, 0.3) is 44.2 Å². The number of rotatable bonds is 3. The summed E-state index contributed by atoms with van der Waals surface area (Å²) in [6.07, 6.45) is 0. The Labute approximate surface area is 210 Å². The molecule has 0 saturated heterocycles. The van der Waals surface area contributed by atoms with Crippen molar-refractivity contribution in [3.63, 3.8) is 0 Å². The summed E-state index contributed by atoms with van der Waals surface area (Å²) in [5.74, 6) is 0.501. The molecule has 6 aromatic rings. The van der Waals surface area contributed by atoms with Crippen molar-refractivity contribution in [1.29, 1.82) is 0 Å². The minimum atomic E-state index is 0.205. The maximum Gasteiger partial charge on any atom is 0.123 e. The van der Waals surface area contributed by atoms with Crippen molar-refractivity contribution in [2.24, 2.45) is 0 Å². The van der Waals surface area contributed by atoms with Crippen molar-refractivity contribution >= 4 is 10.8 Å². The SMILES string of the molecule is Oc1ccc(-c2ccc(C3c4ccccc4-c4ccccc43)c3ccccc23)cc1-c1ccccc1. The third-order valence-corrected chi connectivity index (χ3v) is 7.49. The van der Waals surface area contributed by atoms with Gasteiger partial charge >= 0.3 is 0 Å². The second-order valence-corrected chi connectivity index (χ2v) is 9.45. The molecule has 0 bridgehead atoms. The van der Waals surface area contributed by atoms with Gasteiger partial charge < -0.3 is 5.11 Å². The first-order valence-corrected chi connectivity index (χ1v) is 12.4. The van der Waals surface area contributed by atoms with Gasteiger partial charge in [-0.15, -0.1) is 0 Å². The minimum Gasteiger partial charge on any atom is -0.507 e. The van der Waals surface area contributed by atoms with E-state index in [-0.39, 0.29) is 5.92 Å². The maximum absolute atomic E-state index is 10.6. The lowest BCUT2D eigenvalue weighted by Gasteiger charge is -2.19. The lowest BCUT2D eigenvalue weighted by atomic mass is 9.84. The smallest absolute Gasteiger partial charge is 0.123 e. The lowest BCUT2D eigenvalue weighted by Crippen LogP contribution is -2.01. The second kappa shape index (κ2) is 8.25. The number of fused-ring (bicyclic) bond motifs is 4. The predicted octanol–water partition coefficient (Wildman–Crippen LogP) is 9.04. The first-order chi connectivity index (χ1) is 17.8. The summed E-state index contributed by atoms with van der Waals surface area (Å²) in [6, 6.07) is 46.9. The van der Waals surface area contributed by atoms with E-state index < -0.39 is 0 Å². The largest absolute Gasteiger partial charge is 0.507 e. The van der Waals surface area contributed by atoms with Gasteiger partial charge in [0.15, 0.2) is 0 Å². The van der Waals surface area contributed by atoms with Gasteiger partial charge in [-0.3, -0.25) is 0 Å². The highest BCUT2D eigenvalue weighted by atomic mass is 16.3. The summed E-state index contributed by atoms with van der Waals surface area (Å²) in [5.41, 5.74) is 10.9. The van der Waals surface area contributed by atoms with E-state index in [0.29, 0.717) is 5.75 Å². The molecule has 0 spiro atoms. The number of aromatic hydroxyl groups is 1. The van der Waals surface area contributed by atoms with Crippen LogP contribution >= 0.6 is 0 Å². The molecule has 0 aromatic heterocycles. The summed E-state index contributed by atoms with van der Waals surface area (Å²) >= 11 is 0. The van der Waals surface area contributed by atoms with Crippen LogP contribution in [0, 0.1) is 0 Å². The van der Waals surface area contributed by atoms with Crippen LogP contribution in [0.5, 0.6) is 5.75 Å². The average molecular weight is 461 g/mol. The Balaban J connectivity index is 1.44. The van der Waals surface area contributed by atoms with Gasteiger partial charge in [0, 0.05) is 11.5 Å². The zero-order chi connectivity index (χ0) is 24.1. The summed E-state index contributed by atoms with van der Waals surface area (Å²) in [6.45, 7) is 0. The van der Waals surface area contributed by atoms with Gasteiger partial charge in [0.2, 0.25) is 0 Å². The normalized spacial score (nSPS) is 12.4. The van der Waals surface area contributed by atoms with Crippen LogP contribution in [0.2, 0.25) is 0 Å². The molecule has 7 rings (SSSR count). The Kier molecular flexibility index (Phi) is 4.75. The molecule has 1 aliphatic carbocycles. The van der Waals surface area contributed by atoms with E-state index in [4.69, 9.17) is 0 Å². The van der Waals surface area contributed by atoms with Crippen LogP contribution in [0.3, 0.4) is 0 Å². The number of benzene rings is 6. The molecule has 0 atom stereocenters. The molecule has 0 amide bonds. The summed E-state index contributed by atoms with van der Waals surface area (Å²) in [7, 11) is 0. The molecular formula is C35H24O. The molecule has 0 heterocycles. The van der Waals surface area contributed by atoms with Gasteiger partial charge in [0.25, 0.3) is 0 Å². The van der Waals surface area contributed by atoms with E-state index in [1.165, 1.54) is 44.2 Å². The Morgan fingerprint density at radius 1 is 0.389 bits per heavy atom. The molecule has 36 heavy (non-hydrogen) atoms. The highest BCUT2D eigenvalue weighted by Crippen LogP contribution is 2.50. The average Bonchev–Trinajstić information content (AvgIpc) is 3.28. The molecule has 1 N–H and O–H groups in total. The molecule has 6 aromatic carbocycles. The van der Waals surface area contributed by atoms with Crippen LogP contribution in [0.1, 0.15) is 22.6 Å². The van der Waals surface area contributed by atoms with Crippen LogP contribution in [0.15, 0.2) is 133 Å². The van der Waals surface area contributed by atoms with Crippen molar-refractivity contribution in [3.05, 3.63) is 150 Å². The molecule has 0 fully saturated rings. The van der Waals surface area contributed by atoms with Crippen LogP contribution in [0.4, 0.5) is 0 Å². The molecule has 1 nitrogen and oxygen atoms in total. The van der Waals surface area contributed by atoms with Crippen LogP contribution in [-0.2, 0) is 0 Å². The molecule has 1 heteroatoms. The van der Waals surface area contributed by atoms with Crippen molar-refractivity contribution in [1.82, 2.24) is 0 Å². The van der Waals surface area contributed by atoms with Gasteiger partial charge in [0.05, 0.1) is 0 Å². The minimum absolute atomic E-state index is 0.205. The number of hydrogen-bond donors (Lipinski definition) is 1. The topological polar surface area (TPSA) is 20.2 Å². The van der Waals surface area contributed by atoms with Crippen molar-refractivity contribution in [3.8, 4) is 39.1 Å². The van der Waals surface area contributed by atoms with Gasteiger partial charge in [0.1, 0.15) is 5.75 Å². The van der Waals surface area contributed by atoms with Crippen LogP contribution in [-0.4, -0.2) is 5.11 Å². The Hall–Kier alpha value is -4.62. The summed E-state index contributed by atoms with van der Waals surface area (Å²) < 4.78 is 0. The Bertz CT molecular complexity index is 1700. The van der Waals surface area contributed by atoms with Gasteiger partial charge in [-0.1, -0.05) is 121 Å². The van der Waals surface area contributed by atoms with Crippen LogP contribution < -0.4 is 0 Å². The van der Waals surface area contributed by atoms with Crippen molar-refractivity contribution in [2.45, 2.75) is 5.92 Å². The number of phenolic OH excluding ortho intramolecular Hbond substituents is 1. The standard InChI is InChI=1S/C35H24O/c36-34-21-18-24(22-33(34)23-10-2-1-3-11-23)25-19-20-32(27-13-5-4-12-26(25)27)35-30-16-8-6-14-28(30)29-15-7-9-17-31(29)35/h1-22,35-36H. The molecule has 0 radical (unpaired) electrons. The monoisotopic (exact) mass is 460 g/mol. The highest BCUT2D eigenvalue weighted by Gasteiger charge is 2.30. The van der Waals surface area contributed by atoms with Crippen molar-refractivity contribution in [2.75, 3.05) is 0 Å². The highest BCUT2D eigenvalue weighted by molar-refractivity contribution is 6.00. The van der Waals surface area contributed by atoms with E-state index in [0.717, 1.165) is 16.7 Å². The molecule has 170 valence electrons. The van der Waals surface area contributed by atoms with E-state index >= 15 is 0 Å². The summed E-state index contributed by atoms with van der Waals surface area (Å²) in [4.78, 5) is 0. The quantitative estimate of drug-likeness (QED) is 0.279. The van der Waals surface area contributed by atoms with E-state index in [2.05, 4.69) is 91.0 Å². The predicted molar refractivity (Wildman–Crippen MR) is 149 cm³/mol. The molecule has 0 aliphatic heterocycles. The molecule has 0 unspecified atom stereocenters. The molecule has 1 aliphatic rings. The van der Waals surface area contributed by atoms with E-state index in [9.17, 15) is 5.11 Å². The van der Waals surface area contributed by atoms with Gasteiger partial charge in [-0.25, -0.2) is 0 Å². The Morgan fingerprint density at radius 2 is 1.00 bits per heavy atom. The number of hydrogen-bond acceptors (Lipinski definition) is 1. The fraction of sp³-hybridized carbons (Fsp3) is 0.0286. The third-order valence-electron chi connectivity index (χ3n) is 7.49. The Morgan fingerprint density at radius 3 is 1.72 bits per heavy atom. The summed E-state index contributed by atoms with van der Waals surface area (Å²) in [5, 5.41) is 13.1. The first kappa shape index (κ1) is 20.7. The van der Waals surface area contributed by atoms with Gasteiger partial charge in [-0.05, 0) is 67.4 Å². The maximum atomic E-state index is 10.6. The molecule has 0 saturated carbocycles. The molecular weight excluding hydrogens is 436 g/mol. The number of phenols is 1. The fourth-order valence-corrected chi connectivity index (χ4v) is 5.87. The van der Waals surface area contributed by atoms with E-state index in [1.54, 1.807) is 0 Å². The van der Waals surface area contributed by atoms with Crippen molar-refractivity contribution < 1.29 is 5.11 Å².